The lowest BCUT2D eigenvalue weighted by Crippen LogP contribution is -2.32. The van der Waals surface area contributed by atoms with Crippen LogP contribution in [0.25, 0.3) is 0 Å². The van der Waals surface area contributed by atoms with Crippen molar-refractivity contribution in [1.29, 1.82) is 0 Å². The average Bonchev–Trinajstić information content (AvgIpc) is 3.01. The van der Waals surface area contributed by atoms with Crippen LogP contribution in [0.2, 0.25) is 10.0 Å². The second-order valence-electron chi connectivity index (χ2n) is 6.96. The van der Waals surface area contributed by atoms with E-state index in [1.54, 1.807) is 61.7 Å². The minimum absolute atomic E-state index is 0.163. The Balaban J connectivity index is 1.77. The van der Waals surface area contributed by atoms with E-state index < -0.39 is 11.8 Å². The molecule has 32 heavy (non-hydrogen) atoms. The highest BCUT2D eigenvalue weighted by atomic mass is 35.5. The first-order valence-corrected chi connectivity index (χ1v) is 11.2. The molecule has 0 saturated heterocycles. The van der Waals surface area contributed by atoms with Crippen molar-refractivity contribution in [2.45, 2.75) is 11.8 Å². The first-order valence-electron chi connectivity index (χ1n) is 9.61. The third-order valence-corrected chi connectivity index (χ3v) is 6.61. The summed E-state index contributed by atoms with van der Waals surface area (Å²) in [6.45, 7) is 1.86. The smallest absolute Gasteiger partial charge is 0.283 e. The molecule has 1 N–H and O–H groups in total. The number of amides is 2. The molecule has 1 aliphatic rings. The maximum Gasteiger partial charge on any atom is 0.283 e. The van der Waals surface area contributed by atoms with Crippen molar-refractivity contribution in [1.82, 2.24) is 0 Å². The van der Waals surface area contributed by atoms with E-state index in [0.29, 0.717) is 27.2 Å². The molecule has 2 amide bonds. The molecular formula is C24H18Cl2N2O3S. The summed E-state index contributed by atoms with van der Waals surface area (Å²) < 4.78 is 5.39. The molecule has 0 saturated carbocycles. The second-order valence-corrected chi connectivity index (χ2v) is 8.89. The van der Waals surface area contributed by atoms with E-state index >= 15 is 0 Å². The van der Waals surface area contributed by atoms with Crippen molar-refractivity contribution < 1.29 is 14.3 Å². The second kappa shape index (κ2) is 9.28. The lowest BCUT2D eigenvalue weighted by molar-refractivity contribution is -0.120. The Morgan fingerprint density at radius 3 is 2.34 bits per heavy atom. The Bertz CT molecular complexity index is 1240. The minimum atomic E-state index is -0.475. The van der Waals surface area contributed by atoms with E-state index in [1.807, 2.05) is 19.1 Å². The molecular weight excluding hydrogens is 467 g/mol. The number of para-hydroxylation sites is 2. The molecule has 1 heterocycles. The van der Waals surface area contributed by atoms with Gasteiger partial charge in [-0.1, -0.05) is 53.2 Å². The number of ether oxygens (including phenoxy) is 1. The highest BCUT2D eigenvalue weighted by Gasteiger charge is 2.40. The number of benzene rings is 3. The van der Waals surface area contributed by atoms with Crippen LogP contribution in [-0.4, -0.2) is 18.9 Å². The normalized spacial score (nSPS) is 13.7. The molecule has 0 aliphatic carbocycles. The molecule has 0 atom stereocenters. The summed E-state index contributed by atoms with van der Waals surface area (Å²) in [6, 6.07) is 19.3. The van der Waals surface area contributed by atoms with Crippen LogP contribution in [0.5, 0.6) is 5.75 Å². The van der Waals surface area contributed by atoms with Gasteiger partial charge in [-0.2, -0.15) is 0 Å². The number of hydrogen-bond acceptors (Lipinski definition) is 5. The van der Waals surface area contributed by atoms with Gasteiger partial charge in [-0.3, -0.25) is 9.59 Å². The number of rotatable bonds is 6. The van der Waals surface area contributed by atoms with Crippen molar-refractivity contribution in [2.24, 2.45) is 0 Å². The van der Waals surface area contributed by atoms with Gasteiger partial charge in [-0.05, 0) is 61.0 Å². The predicted octanol–water partition coefficient (Wildman–Crippen LogP) is 6.30. The van der Waals surface area contributed by atoms with Crippen molar-refractivity contribution in [2.75, 3.05) is 17.3 Å². The van der Waals surface area contributed by atoms with Crippen LogP contribution in [0.3, 0.4) is 0 Å². The van der Waals surface area contributed by atoms with E-state index in [9.17, 15) is 9.59 Å². The SMILES string of the molecule is COc1ccccc1NC1=C(Sc2ccc(Cl)cc2)C(=O)N(c2ccc(C)c(Cl)c2)C1=O. The summed E-state index contributed by atoms with van der Waals surface area (Å²) in [7, 11) is 1.54. The minimum Gasteiger partial charge on any atom is -0.495 e. The van der Waals surface area contributed by atoms with Crippen molar-refractivity contribution in [3.8, 4) is 5.75 Å². The molecule has 5 nitrogen and oxygen atoms in total. The number of methoxy groups -OCH3 is 1. The Morgan fingerprint density at radius 1 is 0.938 bits per heavy atom. The number of aryl methyl sites for hydroxylation is 1. The maximum atomic E-state index is 13.4. The number of hydrogen-bond donors (Lipinski definition) is 1. The topological polar surface area (TPSA) is 58.6 Å². The summed E-state index contributed by atoms with van der Waals surface area (Å²) in [5, 5.41) is 4.17. The van der Waals surface area contributed by atoms with Gasteiger partial charge >= 0.3 is 0 Å². The molecule has 0 radical (unpaired) electrons. The van der Waals surface area contributed by atoms with Gasteiger partial charge in [0.1, 0.15) is 16.4 Å². The number of halogens is 2. The third kappa shape index (κ3) is 4.35. The number of imide groups is 1. The average molecular weight is 485 g/mol. The number of thioether (sulfide) groups is 1. The summed E-state index contributed by atoms with van der Waals surface area (Å²) >= 11 is 13.4. The monoisotopic (exact) mass is 484 g/mol. The molecule has 3 aromatic rings. The fourth-order valence-electron chi connectivity index (χ4n) is 3.17. The van der Waals surface area contributed by atoms with Gasteiger partial charge in [0.15, 0.2) is 0 Å². The molecule has 3 aromatic carbocycles. The first-order chi connectivity index (χ1) is 15.4. The van der Waals surface area contributed by atoms with Crippen molar-refractivity contribution in [3.63, 3.8) is 0 Å². The van der Waals surface area contributed by atoms with Crippen LogP contribution >= 0.6 is 35.0 Å². The van der Waals surface area contributed by atoms with Crippen LogP contribution in [0, 0.1) is 6.92 Å². The maximum absolute atomic E-state index is 13.4. The van der Waals surface area contributed by atoms with E-state index in [-0.39, 0.29) is 10.6 Å². The Kier molecular flexibility index (Phi) is 6.46. The molecule has 0 fully saturated rings. The van der Waals surface area contributed by atoms with E-state index in [4.69, 9.17) is 27.9 Å². The zero-order chi connectivity index (χ0) is 22.8. The van der Waals surface area contributed by atoms with Crippen molar-refractivity contribution in [3.05, 3.63) is 92.9 Å². The molecule has 8 heteroatoms. The summed E-state index contributed by atoms with van der Waals surface area (Å²) in [5.74, 6) is -0.363. The first kappa shape index (κ1) is 22.3. The Labute approximate surface area is 200 Å². The largest absolute Gasteiger partial charge is 0.495 e. The quantitative estimate of drug-likeness (QED) is 0.416. The van der Waals surface area contributed by atoms with Crippen LogP contribution < -0.4 is 15.0 Å². The highest BCUT2D eigenvalue weighted by molar-refractivity contribution is 8.04. The van der Waals surface area contributed by atoms with Gasteiger partial charge in [0.2, 0.25) is 0 Å². The molecule has 162 valence electrons. The number of carbonyl (C=O) groups is 2. The number of nitrogens with one attached hydrogen (secondary N) is 1. The molecule has 0 unspecified atom stereocenters. The van der Waals surface area contributed by atoms with Crippen LogP contribution in [-0.2, 0) is 9.59 Å². The lowest BCUT2D eigenvalue weighted by atomic mass is 10.2. The fourth-order valence-corrected chi connectivity index (χ4v) is 4.40. The zero-order valence-corrected chi connectivity index (χ0v) is 19.5. The summed E-state index contributed by atoms with van der Waals surface area (Å²) in [5.41, 5.74) is 1.99. The van der Waals surface area contributed by atoms with Crippen LogP contribution in [0.1, 0.15) is 5.56 Å². The summed E-state index contributed by atoms with van der Waals surface area (Å²) in [6.07, 6.45) is 0. The number of nitrogens with zero attached hydrogens (tertiary/aromatic N) is 1. The molecule has 0 aromatic heterocycles. The number of anilines is 2. The summed E-state index contributed by atoms with van der Waals surface area (Å²) in [4.78, 5) is 29.0. The van der Waals surface area contributed by atoms with Gasteiger partial charge in [-0.15, -0.1) is 0 Å². The predicted molar refractivity (Wildman–Crippen MR) is 130 cm³/mol. The highest BCUT2D eigenvalue weighted by Crippen LogP contribution is 2.39. The van der Waals surface area contributed by atoms with Crippen LogP contribution in [0.4, 0.5) is 11.4 Å². The van der Waals surface area contributed by atoms with Gasteiger partial charge in [0.25, 0.3) is 11.8 Å². The molecule has 0 bridgehead atoms. The fraction of sp³-hybridized carbons (Fsp3) is 0.0833. The lowest BCUT2D eigenvalue weighted by Gasteiger charge is -2.16. The van der Waals surface area contributed by atoms with Gasteiger partial charge < -0.3 is 10.1 Å². The van der Waals surface area contributed by atoms with Gasteiger partial charge in [0, 0.05) is 14.9 Å². The van der Waals surface area contributed by atoms with E-state index in [2.05, 4.69) is 5.32 Å². The standard InChI is InChI=1S/C24H18Cl2N2O3S/c1-14-7-10-16(13-18(14)26)28-23(29)21(27-19-5-3-4-6-20(19)31-2)22(24(28)30)32-17-11-8-15(25)9-12-17/h3-13,27H,1-2H3. The molecule has 1 aliphatic heterocycles. The Hall–Kier alpha value is -2.93. The van der Waals surface area contributed by atoms with Gasteiger partial charge in [0.05, 0.1) is 18.5 Å². The third-order valence-electron chi connectivity index (χ3n) is 4.86. The zero-order valence-electron chi connectivity index (χ0n) is 17.2. The molecule has 4 rings (SSSR count). The van der Waals surface area contributed by atoms with Gasteiger partial charge in [-0.25, -0.2) is 4.90 Å². The van der Waals surface area contributed by atoms with E-state index in [0.717, 1.165) is 15.4 Å². The van der Waals surface area contributed by atoms with Crippen molar-refractivity contribution >= 4 is 58.2 Å². The Morgan fingerprint density at radius 2 is 1.66 bits per heavy atom. The van der Waals surface area contributed by atoms with E-state index in [1.165, 1.54) is 11.8 Å². The van der Waals surface area contributed by atoms with Crippen LogP contribution in [0.15, 0.2) is 82.2 Å². The molecule has 0 spiro atoms. The number of carbonyl (C=O) groups excluding carboxylic acids is 2.